The van der Waals surface area contributed by atoms with E-state index < -0.39 is 23.3 Å². The highest BCUT2D eigenvalue weighted by atomic mass is 35.5. The summed E-state index contributed by atoms with van der Waals surface area (Å²) in [4.78, 5) is 27.2. The molecule has 1 saturated carbocycles. The van der Waals surface area contributed by atoms with Gasteiger partial charge < -0.3 is 25.0 Å². The van der Waals surface area contributed by atoms with Gasteiger partial charge in [-0.15, -0.1) is 11.3 Å². The maximum absolute atomic E-state index is 17.2. The average Bonchev–Trinajstić information content (AvgIpc) is 3.85. The van der Waals surface area contributed by atoms with Gasteiger partial charge in [0.2, 0.25) is 6.41 Å². The molecule has 1 aliphatic carbocycles. The second-order valence-electron chi connectivity index (χ2n) is 13.4. The Labute approximate surface area is 281 Å². The fraction of sp³-hybridized carbons (Fsp3) is 0.455. The summed E-state index contributed by atoms with van der Waals surface area (Å²) < 4.78 is 59.4. The van der Waals surface area contributed by atoms with E-state index in [1.807, 2.05) is 11.0 Å². The van der Waals surface area contributed by atoms with Crippen LogP contribution in [0.25, 0.3) is 32.1 Å². The van der Waals surface area contributed by atoms with Crippen molar-refractivity contribution in [2.75, 3.05) is 50.0 Å². The molecule has 0 spiro atoms. The van der Waals surface area contributed by atoms with Crippen LogP contribution in [-0.2, 0) is 4.79 Å². The lowest BCUT2D eigenvalue weighted by molar-refractivity contribution is -0.118. The number of hydrogen-bond acceptors (Lipinski definition) is 10. The van der Waals surface area contributed by atoms with E-state index in [1.165, 1.54) is 12.1 Å². The molecule has 0 radical (unpaired) electrons. The van der Waals surface area contributed by atoms with Gasteiger partial charge in [0.05, 0.1) is 44.8 Å². The maximum Gasteiger partial charge on any atom is 0.319 e. The molecule has 5 aliphatic heterocycles. The number of fused-ring (bicyclic) bond motifs is 3. The molecule has 2 bridgehead atoms. The van der Waals surface area contributed by atoms with Gasteiger partial charge in [-0.2, -0.15) is 15.2 Å². The maximum atomic E-state index is 17.2. The van der Waals surface area contributed by atoms with Gasteiger partial charge in [-0.05, 0) is 37.4 Å². The minimum atomic E-state index is -0.958. The van der Waals surface area contributed by atoms with Gasteiger partial charge in [0.15, 0.2) is 11.6 Å². The summed E-state index contributed by atoms with van der Waals surface area (Å²) in [5, 5.41) is 10.4. The number of benzene rings is 2. The molecule has 5 atom stereocenters. The first-order chi connectivity index (χ1) is 23.2. The van der Waals surface area contributed by atoms with Crippen molar-refractivity contribution < 1.29 is 27.4 Å². The van der Waals surface area contributed by atoms with Crippen LogP contribution in [0.4, 0.5) is 24.0 Å². The first kappa shape index (κ1) is 30.0. The Bertz CT molecular complexity index is 2090. The largest absolute Gasteiger partial charge is 0.489 e. The number of nitrogen functional groups attached to an aromatic ring is 1. The number of nitrogens with zero attached hydrogens (tertiary/aromatic N) is 6. The van der Waals surface area contributed by atoms with Crippen LogP contribution in [0.1, 0.15) is 31.2 Å². The summed E-state index contributed by atoms with van der Waals surface area (Å²) in [6.45, 7) is 2.42. The third-order valence-corrected chi connectivity index (χ3v) is 12.4. The van der Waals surface area contributed by atoms with E-state index in [-0.39, 0.29) is 90.7 Å². The summed E-state index contributed by atoms with van der Waals surface area (Å²) in [6.07, 6.45) is 2.79. The van der Waals surface area contributed by atoms with Crippen molar-refractivity contribution in [3.05, 3.63) is 34.4 Å². The van der Waals surface area contributed by atoms with Gasteiger partial charge in [0, 0.05) is 36.4 Å². The molecule has 5 fully saturated rings. The third-order valence-electron chi connectivity index (χ3n) is 11.0. The molecule has 15 heteroatoms. The summed E-state index contributed by atoms with van der Waals surface area (Å²) in [5.74, 6) is -0.698. The number of carbonyl (C=O) groups is 1. The molecule has 2 aromatic heterocycles. The summed E-state index contributed by atoms with van der Waals surface area (Å²) in [5.41, 5.74) is 5.56. The lowest BCUT2D eigenvalue weighted by atomic mass is 9.78. The van der Waals surface area contributed by atoms with E-state index in [1.54, 1.807) is 4.90 Å². The van der Waals surface area contributed by atoms with E-state index in [0.717, 1.165) is 43.6 Å². The van der Waals surface area contributed by atoms with Crippen molar-refractivity contribution in [3.8, 4) is 29.0 Å². The zero-order valence-corrected chi connectivity index (χ0v) is 27.1. The Hall–Kier alpha value is -4.06. The van der Waals surface area contributed by atoms with Crippen molar-refractivity contribution in [2.24, 2.45) is 5.92 Å². The molecule has 2 N–H and O–H groups in total. The highest BCUT2D eigenvalue weighted by Crippen LogP contribution is 2.53. The topological polar surface area (TPSA) is 121 Å². The number of aromatic nitrogens is 2. The number of thiophene rings is 1. The Kier molecular flexibility index (Phi) is 6.71. The second-order valence-corrected chi connectivity index (χ2v) is 14.8. The van der Waals surface area contributed by atoms with Gasteiger partial charge in [-0.1, -0.05) is 17.7 Å². The van der Waals surface area contributed by atoms with E-state index in [9.17, 15) is 18.8 Å². The zero-order chi connectivity index (χ0) is 33.1. The summed E-state index contributed by atoms with van der Waals surface area (Å²) in [7, 11) is 0. The van der Waals surface area contributed by atoms with E-state index in [2.05, 4.69) is 9.88 Å². The zero-order valence-electron chi connectivity index (χ0n) is 25.5. The number of ether oxygens (including phenoxy) is 2. The number of halogens is 4. The number of alkyl halides is 1. The van der Waals surface area contributed by atoms with Crippen LogP contribution in [0.2, 0.25) is 5.02 Å². The highest BCUT2D eigenvalue weighted by Gasteiger charge is 2.55. The van der Waals surface area contributed by atoms with Gasteiger partial charge in [-0.3, -0.25) is 9.69 Å². The molecular weight excluding hydrogens is 667 g/mol. The highest BCUT2D eigenvalue weighted by molar-refractivity contribution is 7.23. The molecule has 3 unspecified atom stereocenters. The first-order valence-corrected chi connectivity index (χ1v) is 17.2. The van der Waals surface area contributed by atoms with Crippen LogP contribution < -0.4 is 20.1 Å². The molecule has 248 valence electrons. The van der Waals surface area contributed by atoms with Crippen molar-refractivity contribution in [3.63, 3.8) is 0 Å². The van der Waals surface area contributed by atoms with Gasteiger partial charge >= 0.3 is 6.01 Å². The number of nitrogens with two attached hydrogens (primary N) is 1. The fourth-order valence-corrected chi connectivity index (χ4v) is 10.2. The standard InChI is InChI=1S/C33H29ClF3N7O3S/c34-24-22(17-2-3-19(36)29-21(17)18(10-38)30(39)48-29)25(37)26-23-28(24)46-7-6-44(27-15-8-20(27)42(11-15)14-45)31(23)41-32(40-26)47-13-33-4-1-5-43(33)12-16(35)9-33/h2-3,14-16,20,27H,1,4-9,11-13,39H2/t15?,16-,20?,27?,33+/m1/s1. The predicted octanol–water partition coefficient (Wildman–Crippen LogP) is 5.28. The summed E-state index contributed by atoms with van der Waals surface area (Å²) in [6, 6.07) is 4.40. The Morgan fingerprint density at radius 2 is 2.10 bits per heavy atom. The van der Waals surface area contributed by atoms with Crippen molar-refractivity contribution in [2.45, 2.75) is 49.5 Å². The lowest BCUT2D eigenvalue weighted by Gasteiger charge is -2.44. The van der Waals surface area contributed by atoms with Crippen LogP contribution >= 0.6 is 22.9 Å². The van der Waals surface area contributed by atoms with E-state index >= 15 is 4.39 Å². The van der Waals surface area contributed by atoms with Gasteiger partial charge in [0.1, 0.15) is 47.6 Å². The molecule has 2 aromatic carbocycles. The monoisotopic (exact) mass is 695 g/mol. The molecule has 48 heavy (non-hydrogen) atoms. The number of rotatable bonds is 6. The lowest BCUT2D eigenvalue weighted by Crippen LogP contribution is -2.56. The third kappa shape index (κ3) is 4.10. The molecule has 10 nitrogen and oxygen atoms in total. The van der Waals surface area contributed by atoms with Crippen LogP contribution in [0.15, 0.2) is 12.1 Å². The molecule has 7 heterocycles. The second kappa shape index (κ2) is 10.7. The van der Waals surface area contributed by atoms with Crippen molar-refractivity contribution in [1.29, 1.82) is 5.26 Å². The predicted molar refractivity (Wildman–Crippen MR) is 174 cm³/mol. The fourth-order valence-electron chi connectivity index (χ4n) is 8.89. The Morgan fingerprint density at radius 3 is 2.90 bits per heavy atom. The number of carbonyl (C=O) groups excluding carboxylic acids is 1. The SMILES string of the molecule is N#Cc1c(N)sc2c(F)ccc(-c3c(Cl)c4c5c(nc(OC[C@@]67CCCN6C[C@H](F)C7)nc5c3F)N(C3C5CC3N(C=O)C5)CCO4)c12. The molecule has 1 amide bonds. The normalized spacial score (nSPS) is 27.6. The number of hydrogen-bond donors (Lipinski definition) is 1. The Balaban J connectivity index is 1.25. The van der Waals surface area contributed by atoms with E-state index in [4.69, 9.17) is 31.8 Å². The van der Waals surface area contributed by atoms with Crippen LogP contribution in [-0.4, -0.2) is 89.4 Å². The number of amides is 1. The Morgan fingerprint density at radius 1 is 1.25 bits per heavy atom. The minimum absolute atomic E-state index is 0.0220. The molecule has 6 aliphatic rings. The number of nitriles is 1. The van der Waals surface area contributed by atoms with Crippen LogP contribution in [0, 0.1) is 28.9 Å². The van der Waals surface area contributed by atoms with Crippen molar-refractivity contribution >= 4 is 61.2 Å². The molecular formula is C33H29ClF3N7O3S. The molecule has 4 saturated heterocycles. The minimum Gasteiger partial charge on any atom is -0.489 e. The molecule has 4 aromatic rings. The van der Waals surface area contributed by atoms with Crippen LogP contribution in [0.5, 0.6) is 11.8 Å². The van der Waals surface area contributed by atoms with Gasteiger partial charge in [0.25, 0.3) is 0 Å². The average molecular weight is 696 g/mol. The van der Waals surface area contributed by atoms with Crippen LogP contribution in [0.3, 0.4) is 0 Å². The summed E-state index contributed by atoms with van der Waals surface area (Å²) >= 11 is 7.93. The molecule has 10 rings (SSSR count). The smallest absolute Gasteiger partial charge is 0.319 e. The quantitative estimate of drug-likeness (QED) is 0.269. The van der Waals surface area contributed by atoms with Crippen molar-refractivity contribution in [1.82, 2.24) is 19.8 Å². The van der Waals surface area contributed by atoms with E-state index in [0.29, 0.717) is 31.9 Å². The van der Waals surface area contributed by atoms with Gasteiger partial charge in [-0.25, -0.2) is 13.2 Å². The number of anilines is 2. The first-order valence-electron chi connectivity index (χ1n) is 16.0.